The molecular formula is C11H15N3O3S. The normalized spacial score (nSPS) is 19.2. The number of nitrogens with zero attached hydrogens (tertiary/aromatic N) is 2. The molecule has 2 heterocycles. The summed E-state index contributed by atoms with van der Waals surface area (Å²) in [5.74, 6) is -0.0706. The third-order valence-electron chi connectivity index (χ3n) is 2.93. The summed E-state index contributed by atoms with van der Waals surface area (Å²) in [7, 11) is -3.02. The Hall–Kier alpha value is -1.63. The van der Waals surface area contributed by atoms with Gasteiger partial charge in [0.15, 0.2) is 9.84 Å². The molecule has 0 atom stereocenters. The molecule has 18 heavy (non-hydrogen) atoms. The lowest BCUT2D eigenvalue weighted by molar-refractivity contribution is 0.0769. The van der Waals surface area contributed by atoms with Crippen LogP contribution in [-0.4, -0.2) is 48.8 Å². The van der Waals surface area contributed by atoms with Crippen molar-refractivity contribution in [2.45, 2.75) is 6.42 Å². The van der Waals surface area contributed by atoms with E-state index >= 15 is 0 Å². The van der Waals surface area contributed by atoms with Crippen LogP contribution in [0.5, 0.6) is 0 Å². The SMILES string of the molecule is Nc1cnccc1C(=O)N1CCCS(=O)(=O)CC1. The zero-order chi connectivity index (χ0) is 13.2. The summed E-state index contributed by atoms with van der Waals surface area (Å²) in [5.41, 5.74) is 6.39. The predicted molar refractivity (Wildman–Crippen MR) is 67.8 cm³/mol. The number of carbonyl (C=O) groups excluding carboxylic acids is 1. The highest BCUT2D eigenvalue weighted by Crippen LogP contribution is 2.14. The number of amides is 1. The second-order valence-electron chi connectivity index (χ2n) is 4.26. The van der Waals surface area contributed by atoms with Gasteiger partial charge in [0, 0.05) is 19.3 Å². The zero-order valence-corrected chi connectivity index (χ0v) is 10.7. The highest BCUT2D eigenvalue weighted by molar-refractivity contribution is 7.91. The summed E-state index contributed by atoms with van der Waals surface area (Å²) >= 11 is 0. The van der Waals surface area contributed by atoms with Gasteiger partial charge in [0.2, 0.25) is 0 Å². The third kappa shape index (κ3) is 2.79. The summed E-state index contributed by atoms with van der Waals surface area (Å²) in [4.78, 5) is 17.6. The number of pyridine rings is 1. The van der Waals surface area contributed by atoms with Crippen LogP contribution >= 0.6 is 0 Å². The molecule has 2 rings (SSSR count). The highest BCUT2D eigenvalue weighted by Gasteiger charge is 2.24. The minimum Gasteiger partial charge on any atom is -0.397 e. The largest absolute Gasteiger partial charge is 0.397 e. The number of hydrogen-bond donors (Lipinski definition) is 1. The maximum absolute atomic E-state index is 12.2. The fourth-order valence-electron chi connectivity index (χ4n) is 1.91. The predicted octanol–water partition coefficient (Wildman–Crippen LogP) is -0.0755. The smallest absolute Gasteiger partial charge is 0.256 e. The van der Waals surface area contributed by atoms with Gasteiger partial charge in [-0.3, -0.25) is 9.78 Å². The van der Waals surface area contributed by atoms with Crippen LogP contribution in [0.25, 0.3) is 0 Å². The van der Waals surface area contributed by atoms with E-state index < -0.39 is 9.84 Å². The number of nitrogen functional groups attached to an aromatic ring is 1. The van der Waals surface area contributed by atoms with Gasteiger partial charge in [0.25, 0.3) is 5.91 Å². The van der Waals surface area contributed by atoms with Crippen LogP contribution in [0.1, 0.15) is 16.8 Å². The maximum atomic E-state index is 12.2. The molecule has 1 aromatic heterocycles. The van der Waals surface area contributed by atoms with Crippen LogP contribution in [0.2, 0.25) is 0 Å². The molecule has 0 radical (unpaired) electrons. The van der Waals surface area contributed by atoms with Crippen molar-refractivity contribution in [1.82, 2.24) is 9.88 Å². The highest BCUT2D eigenvalue weighted by atomic mass is 32.2. The van der Waals surface area contributed by atoms with Crippen LogP contribution in [-0.2, 0) is 9.84 Å². The van der Waals surface area contributed by atoms with Crippen LogP contribution in [0.3, 0.4) is 0 Å². The Morgan fingerprint density at radius 2 is 2.11 bits per heavy atom. The number of rotatable bonds is 1. The average Bonchev–Trinajstić information content (AvgIpc) is 2.50. The molecule has 0 saturated carbocycles. The molecule has 0 unspecified atom stereocenters. The Bertz CT molecular complexity index is 556. The molecule has 1 aliphatic heterocycles. The minimum absolute atomic E-state index is 0.0176. The second kappa shape index (κ2) is 4.93. The number of hydrogen-bond acceptors (Lipinski definition) is 5. The summed E-state index contributed by atoms with van der Waals surface area (Å²) in [6.45, 7) is 0.669. The van der Waals surface area contributed by atoms with Gasteiger partial charge in [-0.2, -0.15) is 0 Å². The standard InChI is InChI=1S/C11H15N3O3S/c12-10-8-13-3-2-9(10)11(15)14-4-1-6-18(16,17)7-5-14/h2-3,8H,1,4-7,12H2. The molecule has 2 N–H and O–H groups in total. The molecule has 0 aromatic carbocycles. The summed E-state index contributed by atoms with van der Waals surface area (Å²) in [5, 5.41) is 0. The van der Waals surface area contributed by atoms with Gasteiger partial charge in [-0.1, -0.05) is 0 Å². The monoisotopic (exact) mass is 269 g/mol. The number of anilines is 1. The van der Waals surface area contributed by atoms with E-state index in [0.717, 1.165) is 0 Å². The molecule has 7 heteroatoms. The molecule has 1 aromatic rings. The van der Waals surface area contributed by atoms with Gasteiger partial charge in [-0.05, 0) is 12.5 Å². The first kappa shape index (κ1) is 12.8. The molecule has 98 valence electrons. The van der Waals surface area contributed by atoms with Crippen molar-refractivity contribution in [1.29, 1.82) is 0 Å². The molecule has 1 aliphatic rings. The van der Waals surface area contributed by atoms with Crippen molar-refractivity contribution >= 4 is 21.4 Å². The molecule has 0 spiro atoms. The number of sulfone groups is 1. The van der Waals surface area contributed by atoms with Crippen LogP contribution in [0.15, 0.2) is 18.5 Å². The van der Waals surface area contributed by atoms with Crippen molar-refractivity contribution in [3.8, 4) is 0 Å². The van der Waals surface area contributed by atoms with Gasteiger partial charge in [-0.25, -0.2) is 8.42 Å². The van der Waals surface area contributed by atoms with Gasteiger partial charge in [-0.15, -0.1) is 0 Å². The third-order valence-corrected chi connectivity index (χ3v) is 4.64. The Morgan fingerprint density at radius 3 is 2.83 bits per heavy atom. The van der Waals surface area contributed by atoms with E-state index in [0.29, 0.717) is 24.2 Å². The molecule has 1 fully saturated rings. The topological polar surface area (TPSA) is 93.4 Å². The first-order valence-electron chi connectivity index (χ1n) is 5.69. The van der Waals surface area contributed by atoms with Gasteiger partial charge >= 0.3 is 0 Å². The summed E-state index contributed by atoms with van der Waals surface area (Å²) in [6, 6.07) is 1.55. The Labute approximate surface area is 106 Å². The van der Waals surface area contributed by atoms with E-state index in [4.69, 9.17) is 5.73 Å². The summed E-state index contributed by atoms with van der Waals surface area (Å²) < 4.78 is 22.9. The minimum atomic E-state index is -3.02. The van der Waals surface area contributed by atoms with E-state index in [1.165, 1.54) is 17.3 Å². The first-order chi connectivity index (χ1) is 8.49. The Balaban J connectivity index is 2.17. The summed E-state index contributed by atoms with van der Waals surface area (Å²) in [6.07, 6.45) is 3.39. The number of carbonyl (C=O) groups is 1. The van der Waals surface area contributed by atoms with E-state index in [1.54, 1.807) is 6.07 Å². The van der Waals surface area contributed by atoms with Crippen molar-refractivity contribution in [3.63, 3.8) is 0 Å². The lowest BCUT2D eigenvalue weighted by Crippen LogP contribution is -2.34. The lowest BCUT2D eigenvalue weighted by Gasteiger charge is -2.20. The molecular weight excluding hydrogens is 254 g/mol. The van der Waals surface area contributed by atoms with E-state index in [2.05, 4.69) is 4.98 Å². The lowest BCUT2D eigenvalue weighted by atomic mass is 10.2. The van der Waals surface area contributed by atoms with Crippen molar-refractivity contribution in [3.05, 3.63) is 24.0 Å². The van der Waals surface area contributed by atoms with Gasteiger partial charge in [0.05, 0.1) is 29.0 Å². The van der Waals surface area contributed by atoms with Gasteiger partial charge < -0.3 is 10.6 Å². The van der Waals surface area contributed by atoms with Crippen LogP contribution < -0.4 is 5.73 Å². The molecule has 1 saturated heterocycles. The molecule has 1 amide bonds. The Kier molecular flexibility index (Phi) is 3.51. The fourth-order valence-corrected chi connectivity index (χ4v) is 3.18. The van der Waals surface area contributed by atoms with Crippen molar-refractivity contribution in [2.24, 2.45) is 0 Å². The Morgan fingerprint density at radius 1 is 1.33 bits per heavy atom. The van der Waals surface area contributed by atoms with Crippen molar-refractivity contribution in [2.75, 3.05) is 30.3 Å². The molecule has 6 nitrogen and oxygen atoms in total. The average molecular weight is 269 g/mol. The van der Waals surface area contributed by atoms with E-state index in [-0.39, 0.29) is 24.0 Å². The molecule has 0 bridgehead atoms. The van der Waals surface area contributed by atoms with Crippen LogP contribution in [0, 0.1) is 0 Å². The van der Waals surface area contributed by atoms with Gasteiger partial charge in [0.1, 0.15) is 0 Å². The first-order valence-corrected chi connectivity index (χ1v) is 7.51. The fraction of sp³-hybridized carbons (Fsp3) is 0.455. The van der Waals surface area contributed by atoms with Crippen molar-refractivity contribution < 1.29 is 13.2 Å². The number of nitrogens with two attached hydrogens (primary N) is 1. The quantitative estimate of drug-likeness (QED) is 0.770. The van der Waals surface area contributed by atoms with E-state index in [1.807, 2.05) is 0 Å². The number of aromatic nitrogens is 1. The van der Waals surface area contributed by atoms with Crippen LogP contribution in [0.4, 0.5) is 5.69 Å². The molecule has 0 aliphatic carbocycles. The second-order valence-corrected chi connectivity index (χ2v) is 6.56. The van der Waals surface area contributed by atoms with E-state index in [9.17, 15) is 13.2 Å². The zero-order valence-electron chi connectivity index (χ0n) is 9.87. The maximum Gasteiger partial charge on any atom is 0.256 e.